The molecule has 1 aliphatic rings. The van der Waals surface area contributed by atoms with Crippen molar-refractivity contribution >= 4 is 17.5 Å². The molecule has 0 saturated carbocycles. The zero-order valence-corrected chi connectivity index (χ0v) is 14.9. The van der Waals surface area contributed by atoms with Crippen LogP contribution in [0.3, 0.4) is 0 Å². The van der Waals surface area contributed by atoms with Crippen molar-refractivity contribution in [1.82, 2.24) is 20.2 Å². The first-order chi connectivity index (χ1) is 13.2. The quantitative estimate of drug-likeness (QED) is 0.741. The molecule has 0 bridgehead atoms. The molecule has 0 radical (unpaired) electrons. The molecule has 136 valence electrons. The largest absolute Gasteiger partial charge is 0.497 e. The van der Waals surface area contributed by atoms with E-state index in [1.807, 2.05) is 37.3 Å². The average molecular weight is 362 g/mol. The first-order valence-corrected chi connectivity index (χ1v) is 8.43. The van der Waals surface area contributed by atoms with Gasteiger partial charge in [-0.2, -0.15) is 4.68 Å². The highest BCUT2D eigenvalue weighted by Crippen LogP contribution is 2.34. The smallest absolute Gasteiger partial charge is 0.255 e. The molecule has 1 atom stereocenters. The lowest BCUT2D eigenvalue weighted by Gasteiger charge is -2.28. The van der Waals surface area contributed by atoms with E-state index in [1.165, 1.54) is 0 Å². The van der Waals surface area contributed by atoms with Crippen LogP contribution in [0.25, 0.3) is 0 Å². The Kier molecular flexibility index (Phi) is 4.29. The van der Waals surface area contributed by atoms with Crippen LogP contribution in [0.4, 0.5) is 11.6 Å². The number of carbonyl (C=O) groups excluding carboxylic acids is 1. The molecular weight excluding hydrogens is 344 g/mol. The van der Waals surface area contributed by atoms with Gasteiger partial charge < -0.3 is 15.4 Å². The molecular formula is C19H18N6O2. The van der Waals surface area contributed by atoms with Crippen molar-refractivity contribution in [3.63, 3.8) is 0 Å². The fraction of sp³-hybridized carbons (Fsp3) is 0.158. The fourth-order valence-corrected chi connectivity index (χ4v) is 3.12. The third kappa shape index (κ3) is 3.12. The number of aromatic nitrogens is 4. The Morgan fingerprint density at radius 1 is 1.15 bits per heavy atom. The lowest BCUT2D eigenvalue weighted by atomic mass is 9.95. The van der Waals surface area contributed by atoms with E-state index < -0.39 is 6.04 Å². The van der Waals surface area contributed by atoms with E-state index in [0.717, 1.165) is 11.3 Å². The van der Waals surface area contributed by atoms with E-state index in [9.17, 15) is 4.79 Å². The Balaban J connectivity index is 1.70. The third-order valence-electron chi connectivity index (χ3n) is 4.42. The number of methoxy groups -OCH3 is 1. The number of carbonyl (C=O) groups is 1. The Morgan fingerprint density at radius 2 is 1.89 bits per heavy atom. The summed E-state index contributed by atoms with van der Waals surface area (Å²) in [6.07, 6.45) is 0. The van der Waals surface area contributed by atoms with E-state index >= 15 is 0 Å². The molecule has 4 rings (SSSR count). The molecule has 27 heavy (non-hydrogen) atoms. The predicted octanol–water partition coefficient (Wildman–Crippen LogP) is 2.61. The Hall–Kier alpha value is -3.68. The second kappa shape index (κ2) is 6.91. The minimum atomic E-state index is -0.421. The van der Waals surface area contributed by atoms with E-state index in [0.29, 0.717) is 22.9 Å². The van der Waals surface area contributed by atoms with E-state index in [4.69, 9.17) is 4.74 Å². The minimum absolute atomic E-state index is 0.222. The second-order valence-corrected chi connectivity index (χ2v) is 6.11. The van der Waals surface area contributed by atoms with Gasteiger partial charge in [-0.3, -0.25) is 4.79 Å². The molecule has 1 aromatic heterocycles. The van der Waals surface area contributed by atoms with Crippen molar-refractivity contribution in [2.75, 3.05) is 17.7 Å². The van der Waals surface area contributed by atoms with Gasteiger partial charge in [-0.15, -0.1) is 0 Å². The summed E-state index contributed by atoms with van der Waals surface area (Å²) in [4.78, 5) is 13.1. The Bertz CT molecular complexity index is 995. The first kappa shape index (κ1) is 16.8. The minimum Gasteiger partial charge on any atom is -0.497 e. The lowest BCUT2D eigenvalue weighted by Crippen LogP contribution is -2.31. The molecule has 8 heteroatoms. The highest BCUT2D eigenvalue weighted by molar-refractivity contribution is 6.06. The number of nitrogens with zero attached hydrogens (tertiary/aromatic N) is 4. The maximum Gasteiger partial charge on any atom is 0.255 e. The lowest BCUT2D eigenvalue weighted by molar-refractivity contribution is -0.113. The molecule has 1 aliphatic heterocycles. The van der Waals surface area contributed by atoms with Gasteiger partial charge in [0.1, 0.15) is 11.8 Å². The van der Waals surface area contributed by atoms with Gasteiger partial charge in [0.25, 0.3) is 5.91 Å². The van der Waals surface area contributed by atoms with Crippen LogP contribution in [0.2, 0.25) is 0 Å². The van der Waals surface area contributed by atoms with Crippen LogP contribution in [0.5, 0.6) is 5.75 Å². The number of nitrogens with one attached hydrogen (secondary N) is 2. The summed E-state index contributed by atoms with van der Waals surface area (Å²) in [6.45, 7) is 1.84. The van der Waals surface area contributed by atoms with Crippen molar-refractivity contribution in [2.45, 2.75) is 13.0 Å². The van der Waals surface area contributed by atoms with Gasteiger partial charge in [0, 0.05) is 11.4 Å². The molecule has 0 spiro atoms. The van der Waals surface area contributed by atoms with Crippen LogP contribution in [0.15, 0.2) is 65.9 Å². The molecule has 1 unspecified atom stereocenters. The van der Waals surface area contributed by atoms with Crippen molar-refractivity contribution in [3.05, 3.63) is 71.4 Å². The van der Waals surface area contributed by atoms with Crippen LogP contribution < -0.4 is 15.4 Å². The number of anilines is 2. The summed E-state index contributed by atoms with van der Waals surface area (Å²) in [5.74, 6) is 1.01. The number of fused-ring (bicyclic) bond motifs is 1. The van der Waals surface area contributed by atoms with Crippen LogP contribution in [-0.2, 0) is 4.79 Å². The average Bonchev–Trinajstić information content (AvgIpc) is 3.16. The Morgan fingerprint density at radius 3 is 2.59 bits per heavy atom. The number of allylic oxidation sites excluding steroid dienone is 1. The number of hydrogen-bond donors (Lipinski definition) is 2. The molecule has 8 nitrogen and oxygen atoms in total. The summed E-state index contributed by atoms with van der Waals surface area (Å²) in [5.41, 5.74) is 2.86. The Labute approximate surface area is 155 Å². The number of benzene rings is 2. The van der Waals surface area contributed by atoms with Crippen LogP contribution >= 0.6 is 0 Å². The van der Waals surface area contributed by atoms with Crippen molar-refractivity contribution in [3.8, 4) is 5.75 Å². The van der Waals surface area contributed by atoms with Crippen molar-refractivity contribution in [1.29, 1.82) is 0 Å². The van der Waals surface area contributed by atoms with E-state index in [-0.39, 0.29) is 5.91 Å². The SMILES string of the molecule is COc1ccc(NC(=O)C2=C(C)Nc3nnnn3C2c2ccccc2)cc1. The van der Waals surface area contributed by atoms with Gasteiger partial charge in [-0.1, -0.05) is 35.4 Å². The topological polar surface area (TPSA) is 94.0 Å². The highest BCUT2D eigenvalue weighted by Gasteiger charge is 2.33. The molecule has 2 heterocycles. The van der Waals surface area contributed by atoms with Gasteiger partial charge in [0.05, 0.1) is 12.7 Å². The van der Waals surface area contributed by atoms with Gasteiger partial charge in [0.2, 0.25) is 5.95 Å². The number of ether oxygens (including phenoxy) is 1. The normalized spacial score (nSPS) is 15.7. The van der Waals surface area contributed by atoms with Crippen molar-refractivity contribution in [2.24, 2.45) is 0 Å². The van der Waals surface area contributed by atoms with Gasteiger partial charge in [-0.25, -0.2) is 0 Å². The first-order valence-electron chi connectivity index (χ1n) is 8.43. The summed E-state index contributed by atoms with van der Waals surface area (Å²) >= 11 is 0. The number of rotatable bonds is 4. The molecule has 2 aromatic carbocycles. The maximum absolute atomic E-state index is 13.1. The molecule has 0 aliphatic carbocycles. The number of tetrazole rings is 1. The molecule has 1 amide bonds. The van der Waals surface area contributed by atoms with Crippen LogP contribution in [-0.4, -0.2) is 33.2 Å². The predicted molar refractivity (Wildman–Crippen MR) is 100 cm³/mol. The molecule has 2 N–H and O–H groups in total. The van der Waals surface area contributed by atoms with E-state index in [1.54, 1.807) is 36.1 Å². The summed E-state index contributed by atoms with van der Waals surface area (Å²) in [7, 11) is 1.60. The monoisotopic (exact) mass is 362 g/mol. The van der Waals surface area contributed by atoms with Crippen LogP contribution in [0.1, 0.15) is 18.5 Å². The number of hydrogen-bond acceptors (Lipinski definition) is 6. The zero-order chi connectivity index (χ0) is 18.8. The van der Waals surface area contributed by atoms with Gasteiger partial charge in [-0.05, 0) is 47.2 Å². The number of amides is 1. The fourth-order valence-electron chi connectivity index (χ4n) is 3.12. The van der Waals surface area contributed by atoms with E-state index in [2.05, 4.69) is 26.2 Å². The van der Waals surface area contributed by atoms with Crippen LogP contribution in [0, 0.1) is 0 Å². The van der Waals surface area contributed by atoms with Crippen molar-refractivity contribution < 1.29 is 9.53 Å². The summed E-state index contributed by atoms with van der Waals surface area (Å²) in [5, 5.41) is 17.8. The molecule has 3 aromatic rings. The summed E-state index contributed by atoms with van der Waals surface area (Å²) < 4.78 is 6.77. The van der Waals surface area contributed by atoms with Gasteiger partial charge >= 0.3 is 0 Å². The zero-order valence-electron chi connectivity index (χ0n) is 14.9. The standard InChI is InChI=1S/C19H18N6O2/c1-12-16(18(26)21-14-8-10-15(27-2)11-9-14)17(13-6-4-3-5-7-13)25-19(20-12)22-23-24-25/h3-11,17H,1-2H3,(H,21,26)(H,20,22,24). The molecule has 0 fully saturated rings. The van der Waals surface area contributed by atoms with Gasteiger partial charge in [0.15, 0.2) is 0 Å². The molecule has 0 saturated heterocycles. The highest BCUT2D eigenvalue weighted by atomic mass is 16.5. The third-order valence-corrected chi connectivity index (χ3v) is 4.42. The summed E-state index contributed by atoms with van der Waals surface area (Å²) in [6, 6.07) is 16.4. The maximum atomic E-state index is 13.1. The second-order valence-electron chi connectivity index (χ2n) is 6.11.